The Bertz CT molecular complexity index is 1250. The predicted molar refractivity (Wildman–Crippen MR) is 120 cm³/mol. The molecule has 172 valence electrons. The Labute approximate surface area is 191 Å². The van der Waals surface area contributed by atoms with Crippen LogP contribution in [0.5, 0.6) is 5.75 Å². The fourth-order valence-corrected chi connectivity index (χ4v) is 3.30. The van der Waals surface area contributed by atoms with Gasteiger partial charge in [0, 0.05) is 36.4 Å². The largest absolute Gasteiger partial charge is 0.496 e. The van der Waals surface area contributed by atoms with Crippen molar-refractivity contribution in [1.82, 2.24) is 9.88 Å². The second-order valence-electron chi connectivity index (χ2n) is 7.22. The van der Waals surface area contributed by atoms with Gasteiger partial charge in [-0.3, -0.25) is 20.4 Å². The van der Waals surface area contributed by atoms with Gasteiger partial charge in [-0.1, -0.05) is 5.92 Å². The Morgan fingerprint density at radius 3 is 2.55 bits per heavy atom. The maximum absolute atomic E-state index is 13.3. The summed E-state index contributed by atoms with van der Waals surface area (Å²) in [5.41, 5.74) is -1.80. The second kappa shape index (κ2) is 9.54. The summed E-state index contributed by atoms with van der Waals surface area (Å²) in [6.07, 6.45) is -1.45. The van der Waals surface area contributed by atoms with Crippen LogP contribution in [0.25, 0.3) is 11.1 Å². The second-order valence-corrected chi connectivity index (χ2v) is 8.24. The number of carbonyl (C=O) groups is 1. The van der Waals surface area contributed by atoms with Crippen LogP contribution in [0.2, 0.25) is 0 Å². The van der Waals surface area contributed by atoms with E-state index in [4.69, 9.17) is 15.6 Å². The summed E-state index contributed by atoms with van der Waals surface area (Å²) < 4.78 is 46.2. The first-order valence-corrected chi connectivity index (χ1v) is 10.5. The molecule has 1 heterocycles. The van der Waals surface area contributed by atoms with E-state index in [0.29, 0.717) is 11.8 Å². The van der Waals surface area contributed by atoms with Crippen LogP contribution in [0.3, 0.4) is 0 Å². The molecule has 1 amide bonds. The van der Waals surface area contributed by atoms with E-state index in [9.17, 15) is 22.8 Å². The topological polar surface area (TPSA) is 108 Å². The fourth-order valence-electron chi connectivity index (χ4n) is 2.85. The van der Waals surface area contributed by atoms with Gasteiger partial charge >= 0.3 is 6.18 Å². The molecule has 0 bridgehead atoms. The Morgan fingerprint density at radius 1 is 1.24 bits per heavy atom. The summed E-state index contributed by atoms with van der Waals surface area (Å²) in [6, 6.07) is 3.78. The van der Waals surface area contributed by atoms with E-state index in [-0.39, 0.29) is 33.4 Å². The van der Waals surface area contributed by atoms with Gasteiger partial charge in [-0.05, 0) is 48.7 Å². The lowest BCUT2D eigenvalue weighted by atomic mass is 9.98. The molecule has 0 atom stereocenters. The lowest BCUT2D eigenvalue weighted by Crippen LogP contribution is -2.30. The van der Waals surface area contributed by atoms with E-state index in [0.717, 1.165) is 41.7 Å². The lowest BCUT2D eigenvalue weighted by Gasteiger charge is -2.16. The third-order valence-electron chi connectivity index (χ3n) is 4.69. The number of hydrogen-bond acceptors (Lipinski definition) is 6. The number of amides is 1. The average molecular weight is 476 g/mol. The normalized spacial score (nSPS) is 13.0. The Hall–Kier alpha value is -3.52. The van der Waals surface area contributed by atoms with Gasteiger partial charge in [0.05, 0.1) is 18.2 Å². The Balaban J connectivity index is 1.96. The highest BCUT2D eigenvalue weighted by Gasteiger charge is 2.32. The summed E-state index contributed by atoms with van der Waals surface area (Å²) >= 11 is 0.619. The quantitative estimate of drug-likeness (QED) is 0.355. The van der Waals surface area contributed by atoms with Gasteiger partial charge in [0.2, 0.25) is 0 Å². The average Bonchev–Trinajstić information content (AvgIpc) is 3.57. The fraction of sp³-hybridized carbons (Fsp3) is 0.273. The maximum atomic E-state index is 13.3. The third-order valence-corrected chi connectivity index (χ3v) is 5.30. The van der Waals surface area contributed by atoms with Crippen molar-refractivity contribution in [3.8, 4) is 28.7 Å². The summed E-state index contributed by atoms with van der Waals surface area (Å²) in [6.45, 7) is 0. The molecule has 0 saturated heterocycles. The first-order valence-electron chi connectivity index (χ1n) is 9.63. The number of aromatic nitrogens is 1. The number of rotatable bonds is 3. The minimum absolute atomic E-state index is 0.0129. The third kappa shape index (κ3) is 6.04. The molecule has 1 aliphatic carbocycles. The van der Waals surface area contributed by atoms with Crippen molar-refractivity contribution in [1.29, 1.82) is 10.8 Å². The van der Waals surface area contributed by atoms with Crippen LogP contribution in [0.15, 0.2) is 35.3 Å². The van der Waals surface area contributed by atoms with Crippen LogP contribution in [0.4, 0.5) is 13.2 Å². The summed E-state index contributed by atoms with van der Waals surface area (Å²) in [7, 11) is 2.67. The van der Waals surface area contributed by atoms with Crippen molar-refractivity contribution in [2.45, 2.75) is 19.0 Å². The highest BCUT2D eigenvalue weighted by atomic mass is 32.2. The maximum Gasteiger partial charge on any atom is 0.416 e. The van der Waals surface area contributed by atoms with Crippen LogP contribution in [-0.2, 0) is 13.2 Å². The first-order chi connectivity index (χ1) is 15.5. The molecule has 33 heavy (non-hydrogen) atoms. The van der Waals surface area contributed by atoms with Gasteiger partial charge < -0.3 is 14.6 Å². The lowest BCUT2D eigenvalue weighted by molar-refractivity contribution is -0.137. The van der Waals surface area contributed by atoms with E-state index >= 15 is 0 Å². The molecular formula is C22H19F3N4O3S. The SMILES string of the molecule is COc1ccc(C(F)(F)F)cc1-c1cn(C)c(=O)cc1C(=O)NC(=N)SC(=N)C#CC1CC1. The molecule has 3 N–H and O–H groups in total. The highest BCUT2D eigenvalue weighted by molar-refractivity contribution is 8.26. The minimum atomic E-state index is -4.63. The van der Waals surface area contributed by atoms with Crippen LogP contribution in [0, 0.1) is 28.6 Å². The number of methoxy groups -OCH3 is 1. The van der Waals surface area contributed by atoms with Crippen molar-refractivity contribution >= 4 is 27.9 Å². The number of halogens is 3. The van der Waals surface area contributed by atoms with Gasteiger partial charge in [0.15, 0.2) is 5.17 Å². The van der Waals surface area contributed by atoms with Gasteiger partial charge in [-0.15, -0.1) is 0 Å². The molecule has 11 heteroatoms. The van der Waals surface area contributed by atoms with Crippen molar-refractivity contribution in [3.05, 3.63) is 51.9 Å². The summed E-state index contributed by atoms with van der Waals surface area (Å²) in [4.78, 5) is 25.1. The number of pyridine rings is 1. The molecule has 0 spiro atoms. The minimum Gasteiger partial charge on any atom is -0.496 e. The number of aryl methyl sites for hydroxylation is 1. The van der Waals surface area contributed by atoms with E-state index in [1.807, 2.05) is 0 Å². The number of thioether (sulfide) groups is 1. The molecule has 2 aromatic rings. The standard InChI is InChI=1S/C22H19F3N4O3S/c1-29-11-16(14-9-13(22(23,24)25)6-7-17(14)32-2)15(10-19(29)30)20(31)28-21(27)33-18(26)8-5-12-3-4-12/h6-7,9-12,26H,3-4H2,1-2H3,(H2,27,28,31). The zero-order valence-electron chi connectivity index (χ0n) is 17.6. The van der Waals surface area contributed by atoms with Crippen LogP contribution >= 0.6 is 11.8 Å². The van der Waals surface area contributed by atoms with E-state index in [2.05, 4.69) is 17.2 Å². The first kappa shape index (κ1) is 24.1. The predicted octanol–water partition coefficient (Wildman–Crippen LogP) is 3.87. The van der Waals surface area contributed by atoms with Gasteiger partial charge in [-0.25, -0.2) is 0 Å². The van der Waals surface area contributed by atoms with Gasteiger partial charge in [-0.2, -0.15) is 13.2 Å². The Morgan fingerprint density at radius 2 is 1.94 bits per heavy atom. The smallest absolute Gasteiger partial charge is 0.416 e. The van der Waals surface area contributed by atoms with Crippen LogP contribution in [-0.4, -0.2) is 27.8 Å². The van der Waals surface area contributed by atoms with Gasteiger partial charge in [0.1, 0.15) is 10.8 Å². The molecule has 1 aromatic carbocycles. The molecule has 7 nitrogen and oxygen atoms in total. The number of hydrogen-bond donors (Lipinski definition) is 3. The number of benzene rings is 1. The van der Waals surface area contributed by atoms with E-state index < -0.39 is 28.4 Å². The molecule has 1 saturated carbocycles. The van der Waals surface area contributed by atoms with Crippen molar-refractivity contribution < 1.29 is 22.7 Å². The van der Waals surface area contributed by atoms with Crippen molar-refractivity contribution in [3.63, 3.8) is 0 Å². The summed E-state index contributed by atoms with van der Waals surface area (Å²) in [5, 5.41) is 17.4. The highest BCUT2D eigenvalue weighted by Crippen LogP contribution is 2.38. The number of alkyl halides is 3. The monoisotopic (exact) mass is 476 g/mol. The summed E-state index contributed by atoms with van der Waals surface area (Å²) in [5.74, 6) is 4.92. The molecular weight excluding hydrogens is 457 g/mol. The van der Waals surface area contributed by atoms with Gasteiger partial charge in [0.25, 0.3) is 11.5 Å². The zero-order chi connectivity index (χ0) is 24.3. The molecule has 1 fully saturated rings. The number of nitrogens with zero attached hydrogens (tertiary/aromatic N) is 1. The molecule has 0 unspecified atom stereocenters. The molecule has 0 radical (unpaired) electrons. The number of amidine groups is 1. The van der Waals surface area contributed by atoms with E-state index in [1.54, 1.807) is 0 Å². The van der Waals surface area contributed by atoms with Crippen molar-refractivity contribution in [2.75, 3.05) is 7.11 Å². The van der Waals surface area contributed by atoms with Crippen LogP contribution < -0.4 is 15.6 Å². The van der Waals surface area contributed by atoms with Crippen molar-refractivity contribution in [2.24, 2.45) is 13.0 Å². The van der Waals surface area contributed by atoms with Crippen LogP contribution in [0.1, 0.15) is 28.8 Å². The van der Waals surface area contributed by atoms with E-state index in [1.165, 1.54) is 20.4 Å². The number of nitrogens with one attached hydrogen (secondary N) is 3. The molecule has 3 rings (SSSR count). The molecule has 1 aliphatic rings. The molecule has 1 aromatic heterocycles. The number of carbonyl (C=O) groups excluding carboxylic acids is 1. The Kier molecular flexibility index (Phi) is 6.98. The number of ether oxygens (including phenoxy) is 1. The zero-order valence-corrected chi connectivity index (χ0v) is 18.4. The molecule has 0 aliphatic heterocycles.